The quantitative estimate of drug-likeness (QED) is 0.434. The van der Waals surface area contributed by atoms with Gasteiger partial charge in [-0.15, -0.1) is 0 Å². The molecule has 0 spiro atoms. The molecule has 34 heavy (non-hydrogen) atoms. The number of pyridine rings is 1. The van der Waals surface area contributed by atoms with Crippen LogP contribution in [0, 0.1) is 0 Å². The van der Waals surface area contributed by atoms with E-state index in [1.54, 1.807) is 13.1 Å². The Bertz CT molecular complexity index is 1160. The highest BCUT2D eigenvalue weighted by Gasteiger charge is 2.38. The van der Waals surface area contributed by atoms with E-state index in [1.807, 2.05) is 30.3 Å². The third-order valence-corrected chi connectivity index (χ3v) is 6.59. The fraction of sp³-hybridized carbons (Fsp3) is 0.276. The van der Waals surface area contributed by atoms with E-state index >= 15 is 0 Å². The number of aliphatic hydroxyl groups excluding tert-OH is 1. The van der Waals surface area contributed by atoms with Crippen LogP contribution in [0.3, 0.4) is 0 Å². The molecule has 2 N–H and O–H groups in total. The summed E-state index contributed by atoms with van der Waals surface area (Å²) < 4.78 is 6.46. The minimum Gasteiger partial charge on any atom is -0.471 e. The number of piperazine rings is 1. The first kappa shape index (κ1) is 22.5. The molecule has 3 unspecified atom stereocenters. The Kier molecular flexibility index (Phi) is 6.86. The second-order valence-corrected chi connectivity index (χ2v) is 8.92. The van der Waals surface area contributed by atoms with Crippen molar-refractivity contribution in [3.8, 4) is 5.75 Å². The Morgan fingerprint density at radius 3 is 2.26 bits per heavy atom. The van der Waals surface area contributed by atoms with Crippen LogP contribution in [0.5, 0.6) is 5.75 Å². The van der Waals surface area contributed by atoms with Crippen molar-refractivity contribution < 1.29 is 9.84 Å². The number of ether oxygens (including phenoxy) is 1. The van der Waals surface area contributed by atoms with E-state index in [4.69, 9.17) is 4.74 Å². The van der Waals surface area contributed by atoms with E-state index in [-0.39, 0.29) is 12.0 Å². The van der Waals surface area contributed by atoms with Gasteiger partial charge in [0, 0.05) is 37.0 Å². The molecule has 1 saturated heterocycles. The van der Waals surface area contributed by atoms with Crippen molar-refractivity contribution in [1.82, 2.24) is 15.2 Å². The Labute approximate surface area is 201 Å². The molecule has 5 nitrogen and oxygen atoms in total. The summed E-state index contributed by atoms with van der Waals surface area (Å²) in [5, 5.41) is 15.5. The zero-order valence-corrected chi connectivity index (χ0v) is 19.4. The number of aromatic nitrogens is 1. The van der Waals surface area contributed by atoms with Crippen molar-refractivity contribution in [1.29, 1.82) is 0 Å². The maximum absolute atomic E-state index is 10.9. The first-order valence-electron chi connectivity index (χ1n) is 12.0. The molecule has 1 aliphatic heterocycles. The average molecular weight is 454 g/mol. The molecule has 5 heteroatoms. The van der Waals surface area contributed by atoms with Crippen molar-refractivity contribution >= 4 is 10.9 Å². The number of fused-ring (bicyclic) bond motifs is 1. The Hall–Kier alpha value is -3.25. The third-order valence-electron chi connectivity index (χ3n) is 6.59. The Morgan fingerprint density at radius 2 is 1.59 bits per heavy atom. The van der Waals surface area contributed by atoms with Gasteiger partial charge in [0.05, 0.1) is 11.7 Å². The zero-order chi connectivity index (χ0) is 23.3. The van der Waals surface area contributed by atoms with E-state index in [0.29, 0.717) is 5.75 Å². The van der Waals surface area contributed by atoms with E-state index in [0.717, 1.165) is 30.5 Å². The van der Waals surface area contributed by atoms with Gasteiger partial charge in [0.25, 0.3) is 0 Å². The summed E-state index contributed by atoms with van der Waals surface area (Å²) in [6.45, 7) is 4.22. The van der Waals surface area contributed by atoms with Gasteiger partial charge in [-0.1, -0.05) is 78.9 Å². The molecule has 1 aliphatic rings. The van der Waals surface area contributed by atoms with Gasteiger partial charge in [-0.05, 0) is 30.2 Å². The Morgan fingerprint density at radius 1 is 0.941 bits per heavy atom. The van der Waals surface area contributed by atoms with Crippen LogP contribution in [0.2, 0.25) is 0 Å². The molecule has 1 aromatic heterocycles. The number of nitrogens with zero attached hydrogens (tertiary/aromatic N) is 2. The number of rotatable bonds is 7. The SMILES string of the molecule is CC(O)C(Oc1cnc2ccccc2c1)N1CCNCC1C(c1ccccc1)c1ccccc1. The fourth-order valence-corrected chi connectivity index (χ4v) is 5.02. The summed E-state index contributed by atoms with van der Waals surface area (Å²) in [4.78, 5) is 6.87. The number of hydrogen-bond donors (Lipinski definition) is 2. The lowest BCUT2D eigenvalue weighted by Gasteiger charge is -2.45. The highest BCUT2D eigenvalue weighted by molar-refractivity contribution is 5.79. The Balaban J connectivity index is 1.50. The standard InChI is InChI=1S/C29H31N3O2/c1-21(33)29(34-25-18-24-14-8-9-15-26(24)31-19-25)32-17-16-30-20-27(32)28(22-10-4-2-5-11-22)23-12-6-3-7-13-23/h2-15,18-19,21,27-30,33H,16-17,20H2,1H3. The van der Waals surface area contributed by atoms with Crippen LogP contribution < -0.4 is 10.1 Å². The fourth-order valence-electron chi connectivity index (χ4n) is 5.02. The molecule has 2 heterocycles. The predicted octanol–water partition coefficient (Wildman–Crippen LogP) is 4.43. The first-order chi connectivity index (χ1) is 16.7. The van der Waals surface area contributed by atoms with Crippen LogP contribution in [0.25, 0.3) is 10.9 Å². The van der Waals surface area contributed by atoms with Gasteiger partial charge in [0.1, 0.15) is 11.9 Å². The van der Waals surface area contributed by atoms with Gasteiger partial charge in [0.2, 0.25) is 0 Å². The molecule has 4 aromatic rings. The molecular weight excluding hydrogens is 422 g/mol. The van der Waals surface area contributed by atoms with Crippen molar-refractivity contribution in [3.63, 3.8) is 0 Å². The molecule has 3 aromatic carbocycles. The molecule has 1 fully saturated rings. The van der Waals surface area contributed by atoms with Gasteiger partial charge in [-0.3, -0.25) is 9.88 Å². The minimum atomic E-state index is -0.681. The molecule has 0 saturated carbocycles. The summed E-state index contributed by atoms with van der Waals surface area (Å²) in [7, 11) is 0. The van der Waals surface area contributed by atoms with Gasteiger partial charge in [-0.2, -0.15) is 0 Å². The molecule has 0 aliphatic carbocycles. The van der Waals surface area contributed by atoms with Gasteiger partial charge in [-0.25, -0.2) is 0 Å². The number of nitrogens with one attached hydrogen (secondary N) is 1. The summed E-state index contributed by atoms with van der Waals surface area (Å²) in [5.74, 6) is 0.799. The van der Waals surface area contributed by atoms with Crippen LogP contribution in [-0.2, 0) is 0 Å². The molecular formula is C29H31N3O2. The smallest absolute Gasteiger partial charge is 0.178 e. The van der Waals surface area contributed by atoms with E-state index in [2.05, 4.69) is 75.9 Å². The first-order valence-corrected chi connectivity index (χ1v) is 12.0. The van der Waals surface area contributed by atoms with Gasteiger partial charge >= 0.3 is 0 Å². The van der Waals surface area contributed by atoms with E-state index in [9.17, 15) is 5.11 Å². The average Bonchev–Trinajstić information content (AvgIpc) is 2.89. The van der Waals surface area contributed by atoms with Gasteiger partial charge < -0.3 is 15.2 Å². The van der Waals surface area contributed by atoms with Crippen molar-refractivity contribution in [2.24, 2.45) is 0 Å². The molecule has 5 rings (SSSR count). The van der Waals surface area contributed by atoms with E-state index in [1.165, 1.54) is 11.1 Å². The second-order valence-electron chi connectivity index (χ2n) is 8.92. The van der Waals surface area contributed by atoms with Crippen molar-refractivity contribution in [3.05, 3.63) is 108 Å². The lowest BCUT2D eigenvalue weighted by molar-refractivity contribution is -0.0864. The van der Waals surface area contributed by atoms with Crippen LogP contribution in [0.1, 0.15) is 24.0 Å². The van der Waals surface area contributed by atoms with Crippen LogP contribution >= 0.6 is 0 Å². The number of benzene rings is 3. The highest BCUT2D eigenvalue weighted by atomic mass is 16.5. The molecule has 3 atom stereocenters. The molecule has 0 radical (unpaired) electrons. The van der Waals surface area contributed by atoms with E-state index < -0.39 is 12.3 Å². The minimum absolute atomic E-state index is 0.103. The lowest BCUT2D eigenvalue weighted by Crippen LogP contribution is -2.61. The number of para-hydroxylation sites is 1. The highest BCUT2D eigenvalue weighted by Crippen LogP contribution is 2.33. The summed E-state index contributed by atoms with van der Waals surface area (Å²) in [5.41, 5.74) is 3.44. The molecule has 0 amide bonds. The van der Waals surface area contributed by atoms with Crippen LogP contribution in [-0.4, -0.2) is 53.0 Å². The number of aliphatic hydroxyl groups is 1. The normalized spacial score (nSPS) is 18.6. The second kappa shape index (κ2) is 10.3. The predicted molar refractivity (Wildman–Crippen MR) is 136 cm³/mol. The summed E-state index contributed by atoms with van der Waals surface area (Å²) in [6.07, 6.45) is 0.574. The van der Waals surface area contributed by atoms with Crippen molar-refractivity contribution in [2.75, 3.05) is 19.6 Å². The molecule has 0 bridgehead atoms. The van der Waals surface area contributed by atoms with Crippen LogP contribution in [0.4, 0.5) is 0 Å². The zero-order valence-electron chi connectivity index (χ0n) is 19.4. The lowest BCUT2D eigenvalue weighted by atomic mass is 9.83. The largest absolute Gasteiger partial charge is 0.471 e. The summed E-state index contributed by atoms with van der Waals surface area (Å²) >= 11 is 0. The maximum atomic E-state index is 10.9. The van der Waals surface area contributed by atoms with Crippen molar-refractivity contribution in [2.45, 2.75) is 31.2 Å². The topological polar surface area (TPSA) is 57.6 Å². The van der Waals surface area contributed by atoms with Gasteiger partial charge in [0.15, 0.2) is 6.23 Å². The number of hydrogen-bond acceptors (Lipinski definition) is 5. The summed E-state index contributed by atoms with van der Waals surface area (Å²) in [6, 6.07) is 31.3. The van der Waals surface area contributed by atoms with Crippen LogP contribution in [0.15, 0.2) is 97.2 Å². The third kappa shape index (κ3) is 4.82. The molecule has 174 valence electrons. The monoisotopic (exact) mass is 453 g/mol. The maximum Gasteiger partial charge on any atom is 0.178 e.